The molecule has 4 aromatic rings. The van der Waals surface area contributed by atoms with Crippen LogP contribution in [-0.4, -0.2) is 119 Å². The van der Waals surface area contributed by atoms with Gasteiger partial charge in [0.25, 0.3) is 0 Å². The third-order valence-electron chi connectivity index (χ3n) is 14.1. The first kappa shape index (κ1) is 47.2. The van der Waals surface area contributed by atoms with Crippen LogP contribution < -0.4 is 0 Å². The van der Waals surface area contributed by atoms with Gasteiger partial charge in [0.2, 0.25) is 0 Å². The fourth-order valence-corrected chi connectivity index (χ4v) is 10.1. The summed E-state index contributed by atoms with van der Waals surface area (Å²) >= 11 is 0. The van der Waals surface area contributed by atoms with E-state index in [9.17, 15) is 30.0 Å². The van der Waals surface area contributed by atoms with Crippen molar-refractivity contribution in [2.45, 2.75) is 87.7 Å². The van der Waals surface area contributed by atoms with E-state index < -0.39 is 47.3 Å². The third-order valence-corrected chi connectivity index (χ3v) is 14.1. The zero-order chi connectivity index (χ0) is 44.8. The number of benzene rings is 4. The van der Waals surface area contributed by atoms with Crippen molar-refractivity contribution in [3.8, 4) is 0 Å². The van der Waals surface area contributed by atoms with Gasteiger partial charge in [-0.2, -0.15) is 0 Å². The van der Waals surface area contributed by atoms with Crippen molar-refractivity contribution in [2.24, 2.45) is 23.7 Å². The molecular formula is C52H66N2O10. The van der Waals surface area contributed by atoms with Crippen molar-refractivity contribution in [1.29, 1.82) is 0 Å². The van der Waals surface area contributed by atoms with Gasteiger partial charge in [-0.15, -0.1) is 0 Å². The minimum absolute atomic E-state index is 0.144. The van der Waals surface area contributed by atoms with Gasteiger partial charge in [-0.1, -0.05) is 134 Å². The molecule has 4 fully saturated rings. The number of carbonyl (C=O) groups excluding carboxylic acids is 2. The van der Waals surface area contributed by atoms with Gasteiger partial charge in [-0.25, -0.2) is 9.59 Å². The lowest BCUT2D eigenvalue weighted by Gasteiger charge is -2.49. The lowest BCUT2D eigenvalue weighted by atomic mass is 9.65. The number of rotatable bonds is 22. The summed E-state index contributed by atoms with van der Waals surface area (Å²) in [7, 11) is 0. The Labute approximate surface area is 377 Å². The number of aliphatic hydroxyl groups is 4. The van der Waals surface area contributed by atoms with Crippen LogP contribution >= 0.6 is 0 Å². The zero-order valence-electron chi connectivity index (χ0n) is 36.9. The smallest absolute Gasteiger partial charge is 0.411 e. The molecule has 2 heterocycles. The maximum Gasteiger partial charge on any atom is 0.411 e. The highest BCUT2D eigenvalue weighted by atomic mass is 16.6. The summed E-state index contributed by atoms with van der Waals surface area (Å²) < 4.78 is 23.5. The van der Waals surface area contributed by atoms with Crippen LogP contribution in [0.2, 0.25) is 0 Å². The van der Waals surface area contributed by atoms with Crippen LogP contribution in [0, 0.1) is 23.7 Å². The Morgan fingerprint density at radius 3 is 1.12 bits per heavy atom. The molecule has 0 spiro atoms. The van der Waals surface area contributed by atoms with Gasteiger partial charge < -0.3 is 39.4 Å². The van der Waals surface area contributed by atoms with Gasteiger partial charge in [0.1, 0.15) is 23.3 Å². The molecule has 344 valence electrons. The van der Waals surface area contributed by atoms with Crippen molar-refractivity contribution >= 4 is 12.2 Å². The van der Waals surface area contributed by atoms with Crippen molar-refractivity contribution < 1.29 is 49.0 Å². The van der Waals surface area contributed by atoms with Crippen LogP contribution in [0.1, 0.15) is 60.8 Å². The molecule has 0 aromatic heterocycles. The molecule has 12 heteroatoms. The molecule has 4 N–H and O–H groups in total. The van der Waals surface area contributed by atoms with Crippen LogP contribution in [0.4, 0.5) is 9.59 Å². The topological polar surface area (TPSA) is 158 Å². The second-order valence-electron chi connectivity index (χ2n) is 17.8. The number of hydrogen-bond donors (Lipinski definition) is 4. The Kier molecular flexibility index (Phi) is 16.9. The Hall–Kier alpha value is -4.82. The average Bonchev–Trinajstić information content (AvgIpc) is 3.72. The molecule has 4 aromatic carbocycles. The van der Waals surface area contributed by atoms with E-state index in [-0.39, 0.29) is 51.5 Å². The van der Waals surface area contributed by atoms with Crippen molar-refractivity contribution in [3.63, 3.8) is 0 Å². The SMILES string of the molecule is O=C1O[C@@H]([C@H](CO)COCCc2ccccc2)[C@](CO)(C2CCC2)N1Cc1ccccc1.O=C1O[C@H]([C@@H](CO)COCCc2ccccc2)[C@@](CO)(C2CCC2)N1Cc1ccccc1. The molecule has 64 heavy (non-hydrogen) atoms. The molecule has 2 aliphatic heterocycles. The van der Waals surface area contributed by atoms with E-state index in [0.717, 1.165) is 62.5 Å². The number of cyclic esters (lactones) is 2. The second kappa shape index (κ2) is 22.9. The Morgan fingerprint density at radius 1 is 0.516 bits per heavy atom. The monoisotopic (exact) mass is 878 g/mol. The molecule has 6 atom stereocenters. The van der Waals surface area contributed by atoms with E-state index in [4.69, 9.17) is 18.9 Å². The van der Waals surface area contributed by atoms with Crippen LogP contribution in [-0.2, 0) is 44.9 Å². The van der Waals surface area contributed by atoms with Gasteiger partial charge in [0, 0.05) is 24.9 Å². The predicted molar refractivity (Wildman–Crippen MR) is 242 cm³/mol. The Balaban J connectivity index is 0.000000191. The molecule has 2 saturated carbocycles. The molecule has 2 saturated heterocycles. The highest BCUT2D eigenvalue weighted by molar-refractivity contribution is 5.73. The minimum atomic E-state index is -0.846. The molecule has 0 radical (unpaired) electrons. The van der Waals surface area contributed by atoms with E-state index in [2.05, 4.69) is 24.3 Å². The summed E-state index contributed by atoms with van der Waals surface area (Å²) in [6.45, 7) is 1.61. The van der Waals surface area contributed by atoms with Gasteiger partial charge in [0.05, 0.1) is 52.9 Å². The van der Waals surface area contributed by atoms with Crippen LogP contribution in [0.3, 0.4) is 0 Å². The molecular weight excluding hydrogens is 813 g/mol. The van der Waals surface area contributed by atoms with Crippen molar-refractivity contribution in [3.05, 3.63) is 144 Å². The number of aliphatic hydroxyl groups excluding tert-OH is 4. The quantitative estimate of drug-likeness (QED) is 0.0619. The molecule has 2 aliphatic carbocycles. The predicted octanol–water partition coefficient (Wildman–Crippen LogP) is 6.81. The Morgan fingerprint density at radius 2 is 0.844 bits per heavy atom. The van der Waals surface area contributed by atoms with Crippen molar-refractivity contribution in [2.75, 3.05) is 52.9 Å². The van der Waals surface area contributed by atoms with Crippen LogP contribution in [0.15, 0.2) is 121 Å². The van der Waals surface area contributed by atoms with Gasteiger partial charge >= 0.3 is 12.2 Å². The molecule has 4 aliphatic rings. The highest BCUT2D eigenvalue weighted by Crippen LogP contribution is 2.50. The van der Waals surface area contributed by atoms with E-state index >= 15 is 0 Å². The maximum atomic E-state index is 13.0. The van der Waals surface area contributed by atoms with E-state index in [1.54, 1.807) is 9.80 Å². The summed E-state index contributed by atoms with van der Waals surface area (Å²) in [6, 6.07) is 39.7. The number of carbonyl (C=O) groups is 2. The Bertz CT molecular complexity index is 1860. The van der Waals surface area contributed by atoms with E-state index in [1.807, 2.05) is 97.1 Å². The van der Waals surface area contributed by atoms with Crippen molar-refractivity contribution in [1.82, 2.24) is 9.80 Å². The molecule has 0 unspecified atom stereocenters. The summed E-state index contributed by atoms with van der Waals surface area (Å²) in [4.78, 5) is 29.4. The first-order chi connectivity index (χ1) is 31.4. The summed E-state index contributed by atoms with van der Waals surface area (Å²) in [5.41, 5.74) is 2.66. The molecule has 2 amide bonds. The first-order valence-corrected chi connectivity index (χ1v) is 23.1. The normalized spacial score (nSPS) is 24.2. The van der Waals surface area contributed by atoms with E-state index in [0.29, 0.717) is 26.3 Å². The lowest BCUT2D eigenvalue weighted by molar-refractivity contribution is -0.0820. The molecule has 0 bridgehead atoms. The standard InChI is InChI=1S/2C26H33NO5/c2*28-17-22(18-31-15-14-20-8-3-1-4-9-20)24-26(19-29,23-12-7-13-23)27(25(30)32-24)16-21-10-5-2-6-11-21/h2*1-6,8-11,22-24,28-29H,7,12-19H2/t2*22-,24+,26+/m10/s1. The van der Waals surface area contributed by atoms with Gasteiger partial charge in [0.15, 0.2) is 0 Å². The fraction of sp³-hybridized carbons (Fsp3) is 0.500. The number of hydrogen-bond acceptors (Lipinski definition) is 10. The minimum Gasteiger partial charge on any atom is -0.443 e. The summed E-state index contributed by atoms with van der Waals surface area (Å²) in [6.07, 6.45) is 5.36. The average molecular weight is 879 g/mol. The molecule has 8 rings (SSSR count). The van der Waals surface area contributed by atoms with E-state index in [1.165, 1.54) is 11.1 Å². The number of amides is 2. The molecule has 12 nitrogen and oxygen atoms in total. The number of ether oxygens (including phenoxy) is 4. The second-order valence-corrected chi connectivity index (χ2v) is 17.8. The zero-order valence-corrected chi connectivity index (χ0v) is 36.9. The lowest BCUT2D eigenvalue weighted by Crippen LogP contribution is -2.63. The summed E-state index contributed by atoms with van der Waals surface area (Å²) in [5, 5.41) is 41.7. The number of nitrogens with zero attached hydrogens (tertiary/aromatic N) is 2. The highest BCUT2D eigenvalue weighted by Gasteiger charge is 2.63. The summed E-state index contributed by atoms with van der Waals surface area (Å²) in [5.74, 6) is -0.511. The van der Waals surface area contributed by atoms with Crippen LogP contribution in [0.25, 0.3) is 0 Å². The maximum absolute atomic E-state index is 13.0. The van der Waals surface area contributed by atoms with Gasteiger partial charge in [-0.3, -0.25) is 9.80 Å². The van der Waals surface area contributed by atoms with Crippen LogP contribution in [0.5, 0.6) is 0 Å². The largest absolute Gasteiger partial charge is 0.443 e. The fourth-order valence-electron chi connectivity index (χ4n) is 10.1. The first-order valence-electron chi connectivity index (χ1n) is 23.1. The van der Waals surface area contributed by atoms with Gasteiger partial charge in [-0.05, 0) is 72.6 Å². The third kappa shape index (κ3) is 10.5.